The molecule has 2 aromatic rings. The first-order chi connectivity index (χ1) is 14.3. The highest BCUT2D eigenvalue weighted by Gasteiger charge is 2.31. The van der Waals surface area contributed by atoms with Gasteiger partial charge in [-0.15, -0.1) is 11.3 Å². The molecule has 162 valence electrons. The molecule has 30 heavy (non-hydrogen) atoms. The molecule has 1 heterocycles. The number of anilines is 1. The van der Waals surface area contributed by atoms with E-state index in [-0.39, 0.29) is 17.7 Å². The zero-order chi connectivity index (χ0) is 21.8. The smallest absolute Gasteiger partial charge is 0.341 e. The number of hydrogen-bond acceptors (Lipinski definition) is 4. The summed E-state index contributed by atoms with van der Waals surface area (Å²) in [6.07, 6.45) is 2.76. The average molecular weight is 434 g/mol. The maximum absolute atomic E-state index is 14.0. The minimum absolute atomic E-state index is 0.193. The quantitative estimate of drug-likeness (QED) is 0.659. The van der Waals surface area contributed by atoms with Crippen LogP contribution in [0.15, 0.2) is 24.3 Å². The summed E-state index contributed by atoms with van der Waals surface area (Å²) in [7, 11) is 1.87. The van der Waals surface area contributed by atoms with E-state index in [9.17, 15) is 14.0 Å². The van der Waals surface area contributed by atoms with Crippen LogP contribution < -0.4 is 10.2 Å². The van der Waals surface area contributed by atoms with Gasteiger partial charge in [0.15, 0.2) is 6.04 Å². The highest BCUT2D eigenvalue weighted by molar-refractivity contribution is 7.17. The van der Waals surface area contributed by atoms with Crippen molar-refractivity contribution in [3.8, 4) is 0 Å². The lowest BCUT2D eigenvalue weighted by atomic mass is 9.88. The van der Waals surface area contributed by atoms with E-state index in [1.54, 1.807) is 25.1 Å². The second kappa shape index (κ2) is 9.71. The topological polar surface area (TPSA) is 59.8 Å². The lowest BCUT2D eigenvalue weighted by molar-refractivity contribution is -0.908. The van der Waals surface area contributed by atoms with Crippen LogP contribution in [-0.4, -0.2) is 31.6 Å². The molecule has 0 fully saturated rings. The number of quaternary nitrogens is 1. The molecule has 3 atom stereocenters. The van der Waals surface area contributed by atoms with E-state index in [0.717, 1.165) is 34.6 Å². The number of esters is 1. The van der Waals surface area contributed by atoms with Gasteiger partial charge in [-0.3, -0.25) is 4.79 Å². The molecule has 1 aromatic heterocycles. The van der Waals surface area contributed by atoms with Gasteiger partial charge in [-0.25, -0.2) is 9.18 Å². The van der Waals surface area contributed by atoms with Crippen LogP contribution in [-0.2, 0) is 28.9 Å². The van der Waals surface area contributed by atoms with Crippen molar-refractivity contribution in [2.45, 2.75) is 52.6 Å². The van der Waals surface area contributed by atoms with Crippen LogP contribution in [0.2, 0.25) is 0 Å². The highest BCUT2D eigenvalue weighted by Crippen LogP contribution is 2.40. The Morgan fingerprint density at radius 2 is 2.10 bits per heavy atom. The van der Waals surface area contributed by atoms with Crippen LogP contribution in [0.3, 0.4) is 0 Å². The van der Waals surface area contributed by atoms with Gasteiger partial charge in [-0.2, -0.15) is 0 Å². The molecule has 0 spiro atoms. The zero-order valence-corrected chi connectivity index (χ0v) is 18.8. The van der Waals surface area contributed by atoms with E-state index in [1.807, 2.05) is 14.0 Å². The molecule has 7 heteroatoms. The van der Waals surface area contributed by atoms with E-state index in [2.05, 4.69) is 12.2 Å². The van der Waals surface area contributed by atoms with Crippen molar-refractivity contribution in [1.82, 2.24) is 0 Å². The molecule has 1 aliphatic carbocycles. The number of amides is 1. The molecule has 1 aromatic carbocycles. The van der Waals surface area contributed by atoms with E-state index in [0.29, 0.717) is 35.2 Å². The molecule has 2 N–H and O–H groups in total. The maximum atomic E-state index is 14.0. The number of hydrogen-bond donors (Lipinski definition) is 2. The average Bonchev–Trinajstić information content (AvgIpc) is 3.05. The van der Waals surface area contributed by atoms with Crippen LogP contribution >= 0.6 is 11.3 Å². The minimum Gasteiger partial charge on any atom is -0.462 e. The Bertz CT molecular complexity index is 927. The number of halogens is 1. The Hall–Kier alpha value is -2.25. The molecule has 0 bridgehead atoms. The second-order valence-corrected chi connectivity index (χ2v) is 9.21. The lowest BCUT2D eigenvalue weighted by Gasteiger charge is -2.21. The van der Waals surface area contributed by atoms with Crippen LogP contribution in [0.4, 0.5) is 9.39 Å². The van der Waals surface area contributed by atoms with Gasteiger partial charge in [-0.05, 0) is 50.7 Å². The van der Waals surface area contributed by atoms with E-state index < -0.39 is 6.04 Å². The summed E-state index contributed by atoms with van der Waals surface area (Å²) in [6.45, 7) is 6.48. The third-order valence-electron chi connectivity index (χ3n) is 5.79. The predicted octanol–water partition coefficient (Wildman–Crippen LogP) is 3.23. The van der Waals surface area contributed by atoms with E-state index in [4.69, 9.17) is 4.74 Å². The molecule has 1 unspecified atom stereocenters. The first-order valence-electron chi connectivity index (χ1n) is 10.5. The van der Waals surface area contributed by atoms with Gasteiger partial charge in [0, 0.05) is 10.4 Å². The summed E-state index contributed by atoms with van der Waals surface area (Å²) in [6, 6.07) is 6.19. The molecule has 0 saturated carbocycles. The summed E-state index contributed by atoms with van der Waals surface area (Å²) >= 11 is 1.48. The Morgan fingerprint density at radius 3 is 2.80 bits per heavy atom. The van der Waals surface area contributed by atoms with Gasteiger partial charge < -0.3 is 15.0 Å². The van der Waals surface area contributed by atoms with Gasteiger partial charge in [0.05, 0.1) is 19.2 Å². The summed E-state index contributed by atoms with van der Waals surface area (Å²) in [5.41, 5.74) is 2.10. The number of benzene rings is 1. The molecule has 0 aliphatic heterocycles. The van der Waals surface area contributed by atoms with Crippen molar-refractivity contribution >= 4 is 28.2 Å². The van der Waals surface area contributed by atoms with Crippen LogP contribution in [0.1, 0.15) is 53.6 Å². The van der Waals surface area contributed by atoms with E-state index in [1.165, 1.54) is 17.4 Å². The monoisotopic (exact) mass is 433 g/mol. The fraction of sp³-hybridized carbons (Fsp3) is 0.478. The Morgan fingerprint density at radius 1 is 1.37 bits per heavy atom. The molecule has 5 nitrogen and oxygen atoms in total. The molecule has 3 rings (SSSR count). The number of nitrogens with one attached hydrogen (secondary N) is 2. The van der Waals surface area contributed by atoms with Gasteiger partial charge >= 0.3 is 5.97 Å². The van der Waals surface area contributed by atoms with Crippen molar-refractivity contribution in [2.75, 3.05) is 19.0 Å². The number of carbonyl (C=O) groups excluding carboxylic acids is 2. The largest absolute Gasteiger partial charge is 0.462 e. The Labute approximate surface area is 181 Å². The molecule has 1 amide bonds. The fourth-order valence-electron chi connectivity index (χ4n) is 3.80. The first kappa shape index (κ1) is 22.4. The van der Waals surface area contributed by atoms with Crippen LogP contribution in [0.25, 0.3) is 0 Å². The second-order valence-electron chi connectivity index (χ2n) is 8.10. The predicted molar refractivity (Wildman–Crippen MR) is 117 cm³/mol. The normalized spacial score (nSPS) is 17.7. The third-order valence-corrected chi connectivity index (χ3v) is 6.96. The summed E-state index contributed by atoms with van der Waals surface area (Å²) < 4.78 is 19.2. The highest BCUT2D eigenvalue weighted by atomic mass is 32.1. The van der Waals surface area contributed by atoms with Crippen LogP contribution in [0.5, 0.6) is 0 Å². The van der Waals surface area contributed by atoms with Crippen molar-refractivity contribution < 1.29 is 23.6 Å². The van der Waals surface area contributed by atoms with Gasteiger partial charge in [0.1, 0.15) is 17.4 Å². The minimum atomic E-state index is -0.419. The van der Waals surface area contributed by atoms with Crippen molar-refractivity contribution in [1.29, 1.82) is 0 Å². The first-order valence-corrected chi connectivity index (χ1v) is 11.3. The molecular formula is C23H30FN2O3S+. The van der Waals surface area contributed by atoms with Gasteiger partial charge in [0.2, 0.25) is 0 Å². The number of rotatable bonds is 7. The number of carbonyl (C=O) groups is 2. The maximum Gasteiger partial charge on any atom is 0.341 e. The van der Waals surface area contributed by atoms with Crippen LogP contribution in [0, 0.1) is 11.7 Å². The Kier molecular flexibility index (Phi) is 7.26. The summed E-state index contributed by atoms with van der Waals surface area (Å²) in [5, 5.41) is 3.54. The standard InChI is InChI=1S/C23H29FN2O3S/c1-5-29-23(28)20-17-11-10-14(2)12-19(17)30-22(20)25-21(27)15(3)26(4)13-16-8-6-7-9-18(16)24/h6-9,14-15H,5,10-13H2,1-4H3,(H,25,27)/p+1/t14-,15+/m1/s1. The van der Waals surface area contributed by atoms with Crippen molar-refractivity contribution in [2.24, 2.45) is 5.92 Å². The van der Waals surface area contributed by atoms with Crippen molar-refractivity contribution in [3.05, 3.63) is 51.7 Å². The van der Waals surface area contributed by atoms with Gasteiger partial charge in [0.25, 0.3) is 5.91 Å². The number of thiophene rings is 1. The molecule has 0 radical (unpaired) electrons. The number of ether oxygens (including phenoxy) is 1. The SMILES string of the molecule is CCOC(=O)c1c(NC(=O)[C@H](C)[NH+](C)Cc2ccccc2F)sc2c1CC[C@@H](C)C2. The molecule has 0 saturated heterocycles. The van der Waals surface area contributed by atoms with E-state index >= 15 is 0 Å². The number of fused-ring (bicyclic) bond motifs is 1. The zero-order valence-electron chi connectivity index (χ0n) is 18.0. The fourth-order valence-corrected chi connectivity index (χ4v) is 5.20. The Balaban J connectivity index is 1.78. The summed E-state index contributed by atoms with van der Waals surface area (Å²) in [4.78, 5) is 27.6. The number of likely N-dealkylation sites (N-methyl/N-ethyl adjacent to an activating group) is 1. The lowest BCUT2D eigenvalue weighted by Crippen LogP contribution is -3.12. The van der Waals surface area contributed by atoms with Gasteiger partial charge in [-0.1, -0.05) is 25.1 Å². The third kappa shape index (κ3) is 4.90. The molecule has 1 aliphatic rings. The summed E-state index contributed by atoms with van der Waals surface area (Å²) in [5.74, 6) is -0.278. The van der Waals surface area contributed by atoms with Crippen molar-refractivity contribution in [3.63, 3.8) is 0 Å². The molecular weight excluding hydrogens is 403 g/mol.